The van der Waals surface area contributed by atoms with E-state index in [1.54, 1.807) is 0 Å². The highest BCUT2D eigenvalue weighted by Gasteiger charge is 2.67. The zero-order valence-electron chi connectivity index (χ0n) is 43.2. The first-order chi connectivity index (χ1) is 33.4. The molecule has 1 aromatic carbocycles. The van der Waals surface area contributed by atoms with E-state index in [1.165, 1.54) is 22.3 Å². The molecule has 5 N–H and O–H groups in total. The van der Waals surface area contributed by atoms with E-state index in [-0.39, 0.29) is 95.3 Å². The molecule has 11 nitrogen and oxygen atoms in total. The van der Waals surface area contributed by atoms with Crippen molar-refractivity contribution in [3.8, 4) is 11.8 Å². The fourth-order valence-corrected chi connectivity index (χ4v) is 17.3. The number of nitrogens with two attached hydrogens (primary N) is 1. The summed E-state index contributed by atoms with van der Waals surface area (Å²) in [4.78, 5) is 39.0. The number of allylic oxidation sites excluding steroid dienone is 4. The number of rotatable bonds is 16. The molecule has 0 bridgehead atoms. The van der Waals surface area contributed by atoms with Crippen molar-refractivity contribution in [3.05, 3.63) is 52.6 Å². The standard InChI is InChI=1S/C59H84N2O9/c1-7-24-59(67)26-23-47-44-17-13-38-30-41(62)16-18-43(38)54(44)45(34-57(47,59)4)37-11-14-40(15-12-37)61(6)28-29-68-42-22-25-56(3)39(31-42)32-50(69-35-70-53(66)9-8-27-60)55-48-20-19-46(36(2)10-21-52(64)65)58(48,5)51(63)33-49(55)56/h11-12,14-15,30,36,39,42,44-51,55,63,67H,8-10,13,16-23,25-29,31-35,60H2,1-6H3,(H,64,65)/t36-,39+,42+,44?,45+,46-,47?,48+,49+,50-,51+,55+,56+,57+,58-,59-/m1/s1. The van der Waals surface area contributed by atoms with E-state index in [0.29, 0.717) is 63.0 Å². The first-order valence-corrected chi connectivity index (χ1v) is 27.4. The van der Waals surface area contributed by atoms with Crippen LogP contribution in [0.25, 0.3) is 0 Å². The van der Waals surface area contributed by atoms with Crippen molar-refractivity contribution >= 4 is 23.4 Å². The number of benzene rings is 1. The summed E-state index contributed by atoms with van der Waals surface area (Å²) in [6.07, 6.45) is 15.3. The van der Waals surface area contributed by atoms with Gasteiger partial charge in [0.25, 0.3) is 0 Å². The molecule has 6 saturated carbocycles. The Kier molecular flexibility index (Phi) is 15.0. The van der Waals surface area contributed by atoms with E-state index in [4.69, 9.17) is 19.9 Å². The molecule has 0 radical (unpaired) electrons. The third-order valence-corrected chi connectivity index (χ3v) is 21.1. The Hall–Kier alpha value is -3.53. The maximum Gasteiger partial charge on any atom is 0.307 e. The predicted molar refractivity (Wildman–Crippen MR) is 270 cm³/mol. The topological polar surface area (TPSA) is 169 Å². The molecule has 0 heterocycles. The second kappa shape index (κ2) is 20.4. The van der Waals surface area contributed by atoms with E-state index in [1.807, 2.05) is 13.0 Å². The van der Waals surface area contributed by atoms with Crippen LogP contribution in [0.5, 0.6) is 0 Å². The monoisotopic (exact) mass is 965 g/mol. The number of aliphatic hydroxyl groups is 2. The number of anilines is 1. The Labute approximate surface area is 418 Å². The van der Waals surface area contributed by atoms with E-state index in [0.717, 1.165) is 82.9 Å². The van der Waals surface area contributed by atoms with Crippen LogP contribution in [-0.4, -0.2) is 90.5 Å². The Morgan fingerprint density at radius 1 is 0.943 bits per heavy atom. The Morgan fingerprint density at radius 3 is 2.47 bits per heavy atom. The van der Waals surface area contributed by atoms with Crippen LogP contribution >= 0.6 is 0 Å². The minimum absolute atomic E-state index is 0.00719. The molecular formula is C59H84N2O9. The number of hydrogen-bond donors (Lipinski definition) is 4. The molecule has 6 fully saturated rings. The number of ketones is 1. The van der Waals surface area contributed by atoms with Gasteiger partial charge < -0.3 is 40.2 Å². The summed E-state index contributed by atoms with van der Waals surface area (Å²) in [5.74, 6) is 7.91. The zero-order chi connectivity index (χ0) is 49.8. The number of aliphatic carboxylic acids is 1. The molecule has 8 aliphatic carbocycles. The number of esters is 1. The fourth-order valence-electron chi connectivity index (χ4n) is 17.3. The smallest absolute Gasteiger partial charge is 0.307 e. The molecule has 0 saturated heterocycles. The summed E-state index contributed by atoms with van der Waals surface area (Å²) in [5.41, 5.74) is 10.6. The number of aliphatic hydroxyl groups excluding tert-OH is 1. The molecular weight excluding hydrogens is 881 g/mol. The van der Waals surface area contributed by atoms with Gasteiger partial charge in [-0.15, -0.1) is 5.92 Å². The molecule has 2 unspecified atom stereocenters. The highest BCUT2D eigenvalue weighted by atomic mass is 16.7. The van der Waals surface area contributed by atoms with Crippen LogP contribution in [0, 0.1) is 75.4 Å². The SMILES string of the molecule is CC#C[C@@]1(O)CCC2C3CCC4=CC(=O)CCC4=C3[C@H](c3ccc(N(C)CCO[C@H]4CC[C@@]5(C)[C@@H](C4)C[C@@H](OCOC(=O)CCCN)[C@@H]4[C@@H]5C[C@H](O)[C@]5(C)[C@@H]([C@H](C)CCC(=O)O)CC[C@@H]45)cc3)C[C@@]21C. The number of ether oxygens (including phenoxy) is 3. The molecule has 1 aromatic rings. The summed E-state index contributed by atoms with van der Waals surface area (Å²) in [6, 6.07) is 9.08. The highest BCUT2D eigenvalue weighted by molar-refractivity contribution is 5.93. The van der Waals surface area contributed by atoms with Crippen molar-refractivity contribution < 1.29 is 43.9 Å². The van der Waals surface area contributed by atoms with Gasteiger partial charge in [0.1, 0.15) is 5.60 Å². The lowest BCUT2D eigenvalue weighted by Gasteiger charge is -2.64. The number of carbonyl (C=O) groups is 3. The summed E-state index contributed by atoms with van der Waals surface area (Å²) >= 11 is 0. The lowest BCUT2D eigenvalue weighted by Crippen LogP contribution is -2.63. The Morgan fingerprint density at radius 2 is 1.73 bits per heavy atom. The molecule has 8 aliphatic rings. The molecule has 0 amide bonds. The van der Waals surface area contributed by atoms with Gasteiger partial charge in [-0.2, -0.15) is 0 Å². The van der Waals surface area contributed by atoms with Crippen LogP contribution in [0.15, 0.2) is 47.1 Å². The minimum Gasteiger partial charge on any atom is -0.481 e. The van der Waals surface area contributed by atoms with E-state index >= 15 is 0 Å². The van der Waals surface area contributed by atoms with E-state index < -0.39 is 17.7 Å². The number of likely N-dealkylation sites (N-methyl/N-ethyl adjacent to an activating group) is 1. The Balaban J connectivity index is 0.869. The van der Waals surface area contributed by atoms with Gasteiger partial charge in [-0.1, -0.05) is 51.3 Å². The number of nitrogens with zero attached hydrogens (tertiary/aromatic N) is 1. The van der Waals surface area contributed by atoms with Crippen LogP contribution in [0.3, 0.4) is 0 Å². The van der Waals surface area contributed by atoms with Crippen LogP contribution in [0.1, 0.15) is 162 Å². The third kappa shape index (κ3) is 9.15. The van der Waals surface area contributed by atoms with Crippen LogP contribution in [-0.2, 0) is 28.6 Å². The maximum atomic E-state index is 12.6. The molecule has 0 spiro atoms. The van der Waals surface area contributed by atoms with Gasteiger partial charge in [0.15, 0.2) is 12.6 Å². The van der Waals surface area contributed by atoms with Crippen molar-refractivity contribution in [2.24, 2.45) is 69.3 Å². The third-order valence-electron chi connectivity index (χ3n) is 21.1. The van der Waals surface area contributed by atoms with Crippen molar-refractivity contribution in [2.45, 2.75) is 180 Å². The van der Waals surface area contributed by atoms with Crippen LogP contribution in [0.4, 0.5) is 5.69 Å². The van der Waals surface area contributed by atoms with Crippen molar-refractivity contribution in [3.63, 3.8) is 0 Å². The number of carboxylic acid groups (broad SMARTS) is 1. The van der Waals surface area contributed by atoms with E-state index in [9.17, 15) is 29.7 Å². The normalized spacial score (nSPS) is 40.0. The second-order valence-electron chi connectivity index (χ2n) is 24.2. The maximum absolute atomic E-state index is 12.6. The van der Waals surface area contributed by atoms with Gasteiger partial charge in [0, 0.05) is 49.9 Å². The highest BCUT2D eigenvalue weighted by Crippen LogP contribution is 2.70. The molecule has 0 aliphatic heterocycles. The fraction of sp³-hybridized carbons (Fsp3) is 0.746. The van der Waals surface area contributed by atoms with E-state index in [2.05, 4.69) is 75.7 Å². The number of hydrogen-bond acceptors (Lipinski definition) is 10. The van der Waals surface area contributed by atoms with Crippen molar-refractivity contribution in [1.82, 2.24) is 0 Å². The van der Waals surface area contributed by atoms with Gasteiger partial charge in [-0.25, -0.2) is 0 Å². The quantitative estimate of drug-likeness (QED) is 0.0708. The minimum atomic E-state index is -1.00. The van der Waals surface area contributed by atoms with Gasteiger partial charge in [-0.05, 0) is 203 Å². The van der Waals surface area contributed by atoms with Gasteiger partial charge in [0.2, 0.25) is 0 Å². The van der Waals surface area contributed by atoms with Crippen molar-refractivity contribution in [1.29, 1.82) is 0 Å². The summed E-state index contributed by atoms with van der Waals surface area (Å²) in [5, 5.41) is 33.9. The van der Waals surface area contributed by atoms with Gasteiger partial charge in [0.05, 0.1) is 24.9 Å². The van der Waals surface area contributed by atoms with Crippen LogP contribution < -0.4 is 10.6 Å². The molecule has 16 atom stereocenters. The summed E-state index contributed by atoms with van der Waals surface area (Å²) in [7, 11) is 2.14. The van der Waals surface area contributed by atoms with Gasteiger partial charge >= 0.3 is 11.9 Å². The summed E-state index contributed by atoms with van der Waals surface area (Å²) < 4.78 is 19.1. The van der Waals surface area contributed by atoms with Gasteiger partial charge in [-0.3, -0.25) is 14.4 Å². The zero-order valence-corrected chi connectivity index (χ0v) is 43.2. The average molecular weight is 965 g/mol. The molecule has 70 heavy (non-hydrogen) atoms. The molecule has 9 rings (SSSR count). The molecule has 11 heteroatoms. The molecule has 0 aromatic heterocycles. The first-order valence-electron chi connectivity index (χ1n) is 27.4. The average Bonchev–Trinajstić information content (AvgIpc) is 3.83. The first kappa shape index (κ1) is 51.4. The Bertz CT molecular complexity index is 2250. The lowest BCUT2D eigenvalue weighted by molar-refractivity contribution is -0.232. The largest absolute Gasteiger partial charge is 0.481 e. The number of fused-ring (bicyclic) bond motifs is 9. The molecule has 384 valence electrons. The predicted octanol–water partition coefficient (Wildman–Crippen LogP) is 9.53. The lowest BCUT2D eigenvalue weighted by atomic mass is 9.43. The number of carbonyl (C=O) groups excluding carboxylic acids is 2. The second-order valence-corrected chi connectivity index (χ2v) is 24.2. The van der Waals surface area contributed by atoms with Crippen LogP contribution in [0.2, 0.25) is 0 Å². The number of carboxylic acids is 1. The summed E-state index contributed by atoms with van der Waals surface area (Å²) in [6.45, 7) is 12.7. The van der Waals surface area contributed by atoms with Crippen molar-refractivity contribution in [2.75, 3.05) is 38.4 Å².